The predicted molar refractivity (Wildman–Crippen MR) is 100 cm³/mol. The fourth-order valence-electron chi connectivity index (χ4n) is 3.22. The molecule has 0 unspecified atom stereocenters. The summed E-state index contributed by atoms with van der Waals surface area (Å²) >= 11 is 0. The van der Waals surface area contributed by atoms with Gasteiger partial charge in [-0.1, -0.05) is 12.1 Å². The van der Waals surface area contributed by atoms with E-state index in [1.165, 1.54) is 0 Å². The van der Waals surface area contributed by atoms with Crippen LogP contribution in [-0.2, 0) is 6.54 Å². The third-order valence-electron chi connectivity index (χ3n) is 4.95. The van der Waals surface area contributed by atoms with Crippen LogP contribution >= 0.6 is 0 Å². The number of carbonyl (C=O) groups excluding carboxylic acids is 1. The van der Waals surface area contributed by atoms with E-state index < -0.39 is 0 Å². The molecule has 6 nitrogen and oxygen atoms in total. The molecule has 1 saturated heterocycles. The van der Waals surface area contributed by atoms with Gasteiger partial charge in [-0.15, -0.1) is 0 Å². The van der Waals surface area contributed by atoms with Gasteiger partial charge in [-0.2, -0.15) is 0 Å². The Hall–Kier alpha value is -2.47. The normalized spacial score (nSPS) is 15.2. The van der Waals surface area contributed by atoms with Gasteiger partial charge in [-0.05, 0) is 32.9 Å². The van der Waals surface area contributed by atoms with Crippen molar-refractivity contribution >= 4 is 5.91 Å². The number of amides is 1. The second kappa shape index (κ2) is 7.83. The zero-order chi connectivity index (χ0) is 18.7. The Morgan fingerprint density at radius 3 is 2.35 bits per heavy atom. The molecule has 3 rings (SSSR count). The Morgan fingerprint density at radius 2 is 1.65 bits per heavy atom. The summed E-state index contributed by atoms with van der Waals surface area (Å²) in [7, 11) is 1.59. The summed E-state index contributed by atoms with van der Waals surface area (Å²) in [5.41, 5.74) is 4.60. The number of methoxy groups -OCH3 is 1. The maximum Gasteiger partial charge on any atom is 0.257 e. The van der Waals surface area contributed by atoms with Crippen LogP contribution in [0.1, 0.15) is 33.1 Å². The second-order valence-corrected chi connectivity index (χ2v) is 6.70. The third kappa shape index (κ3) is 3.85. The van der Waals surface area contributed by atoms with Crippen molar-refractivity contribution < 1.29 is 9.53 Å². The Bertz CT molecular complexity index is 798. The quantitative estimate of drug-likeness (QED) is 0.844. The zero-order valence-corrected chi connectivity index (χ0v) is 16.0. The Kier molecular flexibility index (Phi) is 5.52. The molecule has 1 aliphatic rings. The number of hydrogen-bond donors (Lipinski definition) is 0. The molecule has 0 saturated carbocycles. The average Bonchev–Trinajstić information content (AvgIpc) is 2.66. The summed E-state index contributed by atoms with van der Waals surface area (Å²) in [5, 5.41) is 0. The number of ether oxygens (including phenoxy) is 1. The molecule has 0 spiro atoms. The fraction of sp³-hybridized carbons (Fsp3) is 0.450. The maximum absolute atomic E-state index is 12.8. The molecular formula is C20H26N4O2. The molecule has 138 valence electrons. The summed E-state index contributed by atoms with van der Waals surface area (Å²) in [4.78, 5) is 26.3. The monoisotopic (exact) mass is 354 g/mol. The zero-order valence-electron chi connectivity index (χ0n) is 16.0. The minimum absolute atomic E-state index is 0.0317. The van der Waals surface area contributed by atoms with E-state index in [2.05, 4.69) is 14.9 Å². The van der Waals surface area contributed by atoms with Crippen molar-refractivity contribution in [3.63, 3.8) is 0 Å². The molecule has 0 atom stereocenters. The lowest BCUT2D eigenvalue weighted by atomic mass is 10.1. The van der Waals surface area contributed by atoms with Crippen LogP contribution in [0.25, 0.3) is 0 Å². The van der Waals surface area contributed by atoms with Crippen LogP contribution < -0.4 is 4.74 Å². The molecule has 1 aromatic carbocycles. The summed E-state index contributed by atoms with van der Waals surface area (Å²) < 4.78 is 5.32. The predicted octanol–water partition coefficient (Wildman–Crippen LogP) is 2.37. The van der Waals surface area contributed by atoms with Crippen molar-refractivity contribution in [2.45, 2.75) is 27.3 Å². The smallest absolute Gasteiger partial charge is 0.257 e. The summed E-state index contributed by atoms with van der Waals surface area (Å²) in [6, 6.07) is 7.39. The van der Waals surface area contributed by atoms with Gasteiger partial charge in [0.1, 0.15) is 5.75 Å². The molecule has 1 amide bonds. The van der Waals surface area contributed by atoms with Gasteiger partial charge in [0.2, 0.25) is 0 Å². The maximum atomic E-state index is 12.8. The number of piperazine rings is 1. The highest BCUT2D eigenvalue weighted by Crippen LogP contribution is 2.20. The van der Waals surface area contributed by atoms with Gasteiger partial charge >= 0.3 is 0 Å². The number of carbonyl (C=O) groups is 1. The van der Waals surface area contributed by atoms with Crippen LogP contribution in [0.5, 0.6) is 5.75 Å². The van der Waals surface area contributed by atoms with Crippen molar-refractivity contribution in [3.8, 4) is 5.75 Å². The van der Waals surface area contributed by atoms with E-state index in [-0.39, 0.29) is 5.91 Å². The van der Waals surface area contributed by atoms with Gasteiger partial charge in [0.25, 0.3) is 5.91 Å². The van der Waals surface area contributed by atoms with Crippen LogP contribution in [0, 0.1) is 20.8 Å². The van der Waals surface area contributed by atoms with E-state index in [1.807, 2.05) is 49.9 Å². The van der Waals surface area contributed by atoms with E-state index >= 15 is 0 Å². The minimum Gasteiger partial charge on any atom is -0.496 e. The highest BCUT2D eigenvalue weighted by atomic mass is 16.5. The SMILES string of the molecule is COc1ccccc1C(=O)N1CCN(Cc2nc(C)c(C)nc2C)CC1. The lowest BCUT2D eigenvalue weighted by molar-refractivity contribution is 0.0623. The molecule has 2 heterocycles. The van der Waals surface area contributed by atoms with Gasteiger partial charge < -0.3 is 9.64 Å². The summed E-state index contributed by atoms with van der Waals surface area (Å²) in [6.07, 6.45) is 0. The molecule has 1 fully saturated rings. The number of aromatic nitrogens is 2. The molecule has 2 aromatic rings. The van der Waals surface area contributed by atoms with Crippen molar-refractivity contribution in [2.75, 3.05) is 33.3 Å². The number of nitrogens with zero attached hydrogens (tertiary/aromatic N) is 4. The van der Waals surface area contributed by atoms with Gasteiger partial charge in [0.15, 0.2) is 0 Å². The van der Waals surface area contributed by atoms with E-state index in [0.29, 0.717) is 24.4 Å². The van der Waals surface area contributed by atoms with Gasteiger partial charge in [-0.3, -0.25) is 19.7 Å². The summed E-state index contributed by atoms with van der Waals surface area (Å²) in [6.45, 7) is 9.83. The molecule has 0 N–H and O–H groups in total. The number of aryl methyl sites for hydroxylation is 3. The Balaban J connectivity index is 1.62. The molecule has 0 aliphatic carbocycles. The van der Waals surface area contributed by atoms with E-state index in [0.717, 1.165) is 42.4 Å². The first kappa shape index (κ1) is 18.3. The third-order valence-corrected chi connectivity index (χ3v) is 4.95. The number of para-hydroxylation sites is 1. The lowest BCUT2D eigenvalue weighted by Crippen LogP contribution is -2.48. The van der Waals surface area contributed by atoms with Crippen molar-refractivity contribution in [1.29, 1.82) is 0 Å². The van der Waals surface area contributed by atoms with Gasteiger partial charge in [0.05, 0.1) is 35.4 Å². The molecule has 0 bridgehead atoms. The molecule has 1 aromatic heterocycles. The largest absolute Gasteiger partial charge is 0.496 e. The highest BCUT2D eigenvalue weighted by Gasteiger charge is 2.24. The van der Waals surface area contributed by atoms with Crippen molar-refractivity contribution in [3.05, 3.63) is 52.6 Å². The minimum atomic E-state index is 0.0317. The van der Waals surface area contributed by atoms with Crippen LogP contribution in [0.15, 0.2) is 24.3 Å². The van der Waals surface area contributed by atoms with E-state index in [9.17, 15) is 4.79 Å². The first-order valence-corrected chi connectivity index (χ1v) is 8.95. The lowest BCUT2D eigenvalue weighted by Gasteiger charge is -2.35. The number of rotatable bonds is 4. The van der Waals surface area contributed by atoms with Crippen LogP contribution in [0.4, 0.5) is 0 Å². The first-order valence-electron chi connectivity index (χ1n) is 8.95. The number of benzene rings is 1. The van der Waals surface area contributed by atoms with Crippen LogP contribution in [0.2, 0.25) is 0 Å². The molecule has 26 heavy (non-hydrogen) atoms. The molecule has 1 aliphatic heterocycles. The summed E-state index contributed by atoms with van der Waals surface area (Å²) in [5.74, 6) is 0.658. The van der Waals surface area contributed by atoms with Crippen LogP contribution in [0.3, 0.4) is 0 Å². The van der Waals surface area contributed by atoms with Gasteiger partial charge in [-0.25, -0.2) is 0 Å². The van der Waals surface area contributed by atoms with Crippen LogP contribution in [-0.4, -0.2) is 59.0 Å². The first-order chi connectivity index (χ1) is 12.5. The fourth-order valence-corrected chi connectivity index (χ4v) is 3.22. The highest BCUT2D eigenvalue weighted by molar-refractivity contribution is 5.97. The van der Waals surface area contributed by atoms with Crippen molar-refractivity contribution in [2.24, 2.45) is 0 Å². The number of hydrogen-bond acceptors (Lipinski definition) is 5. The second-order valence-electron chi connectivity index (χ2n) is 6.70. The molecule has 0 radical (unpaired) electrons. The topological polar surface area (TPSA) is 58.6 Å². The molecule has 6 heteroatoms. The standard InChI is InChI=1S/C20H26N4O2/c1-14-15(2)22-18(16(3)21-14)13-23-9-11-24(12-10-23)20(25)17-7-5-6-8-19(17)26-4/h5-8H,9-13H2,1-4H3. The Morgan fingerprint density at radius 1 is 1.00 bits per heavy atom. The van der Waals surface area contributed by atoms with E-state index in [4.69, 9.17) is 4.74 Å². The Labute approximate surface area is 154 Å². The average molecular weight is 354 g/mol. The van der Waals surface area contributed by atoms with Gasteiger partial charge in [0, 0.05) is 32.7 Å². The molecular weight excluding hydrogens is 328 g/mol. The van der Waals surface area contributed by atoms with E-state index in [1.54, 1.807) is 7.11 Å². The van der Waals surface area contributed by atoms with Crippen molar-refractivity contribution in [1.82, 2.24) is 19.8 Å².